The Balaban J connectivity index is 1.79. The number of hydrogen-bond acceptors (Lipinski definition) is 0. The summed E-state index contributed by atoms with van der Waals surface area (Å²) in [6.07, 6.45) is 12.0. The molecule has 1 aromatic carbocycles. The average Bonchev–Trinajstić information content (AvgIpc) is 2.49. The number of pyridine rings is 1. The summed E-state index contributed by atoms with van der Waals surface area (Å²) in [6, 6.07) is 15.2. The summed E-state index contributed by atoms with van der Waals surface area (Å²) in [7, 11) is 0. The summed E-state index contributed by atoms with van der Waals surface area (Å²) in [5.74, 6) is 0. The minimum atomic E-state index is 1.11. The van der Waals surface area contributed by atoms with E-state index in [1.54, 1.807) is 0 Å². The molecule has 0 spiro atoms. The van der Waals surface area contributed by atoms with Gasteiger partial charge in [-0.1, -0.05) is 50.1 Å². The van der Waals surface area contributed by atoms with Crippen molar-refractivity contribution in [3.8, 4) is 0 Å². The monoisotopic (exact) mass is 268 g/mol. The van der Waals surface area contributed by atoms with E-state index in [0.29, 0.717) is 0 Å². The Kier molecular flexibility index (Phi) is 6.30. The number of hydrogen-bond donors (Lipinski definition) is 0. The Hall–Kier alpha value is -1.63. The first-order valence-electron chi connectivity index (χ1n) is 7.90. The third-order valence-corrected chi connectivity index (χ3v) is 3.71. The molecule has 1 aromatic heterocycles. The van der Waals surface area contributed by atoms with Gasteiger partial charge < -0.3 is 0 Å². The van der Waals surface area contributed by atoms with Crippen LogP contribution in [0.15, 0.2) is 54.9 Å². The van der Waals surface area contributed by atoms with Crippen molar-refractivity contribution in [3.05, 3.63) is 66.0 Å². The SMILES string of the molecule is CCCCCc1ccc[n+](CCCc2ccccc2)c1. The molecule has 0 aliphatic carbocycles. The lowest BCUT2D eigenvalue weighted by Gasteiger charge is -2.02. The highest BCUT2D eigenvalue weighted by atomic mass is 14.9. The van der Waals surface area contributed by atoms with Crippen LogP contribution in [0, 0.1) is 0 Å². The molecule has 1 heterocycles. The highest BCUT2D eigenvalue weighted by Crippen LogP contribution is 2.05. The first kappa shape index (κ1) is 14.8. The summed E-state index contributed by atoms with van der Waals surface area (Å²) in [4.78, 5) is 0. The molecule has 1 heteroatoms. The molecule has 106 valence electrons. The van der Waals surface area contributed by atoms with Crippen LogP contribution in [0.1, 0.15) is 43.7 Å². The van der Waals surface area contributed by atoms with Crippen molar-refractivity contribution in [2.24, 2.45) is 0 Å². The number of aromatic nitrogens is 1. The molecule has 2 aromatic rings. The van der Waals surface area contributed by atoms with Gasteiger partial charge in [0.05, 0.1) is 0 Å². The first-order valence-corrected chi connectivity index (χ1v) is 7.90. The van der Waals surface area contributed by atoms with Gasteiger partial charge in [-0.15, -0.1) is 0 Å². The lowest BCUT2D eigenvalue weighted by atomic mass is 10.1. The molecule has 0 saturated heterocycles. The molecule has 0 fully saturated rings. The molecule has 0 amide bonds. The van der Waals surface area contributed by atoms with Crippen LogP contribution in [0.4, 0.5) is 0 Å². The fourth-order valence-electron chi connectivity index (χ4n) is 2.55. The van der Waals surface area contributed by atoms with Crippen molar-refractivity contribution in [1.29, 1.82) is 0 Å². The molecule has 0 radical (unpaired) electrons. The number of unbranched alkanes of at least 4 members (excludes halogenated alkanes) is 2. The first-order chi connectivity index (χ1) is 9.88. The molecule has 1 nitrogen and oxygen atoms in total. The zero-order valence-corrected chi connectivity index (χ0v) is 12.6. The van der Waals surface area contributed by atoms with Gasteiger partial charge >= 0.3 is 0 Å². The van der Waals surface area contributed by atoms with E-state index in [1.165, 1.54) is 43.2 Å². The molecular weight excluding hydrogens is 242 g/mol. The second kappa shape index (κ2) is 8.52. The van der Waals surface area contributed by atoms with Crippen molar-refractivity contribution in [3.63, 3.8) is 0 Å². The number of benzene rings is 1. The Morgan fingerprint density at radius 3 is 2.35 bits per heavy atom. The van der Waals surface area contributed by atoms with Gasteiger partial charge in [-0.2, -0.15) is 0 Å². The molecule has 0 aliphatic heterocycles. The van der Waals surface area contributed by atoms with Crippen LogP contribution in [-0.4, -0.2) is 0 Å². The maximum absolute atomic E-state index is 2.34. The summed E-state index contributed by atoms with van der Waals surface area (Å²) >= 11 is 0. The lowest BCUT2D eigenvalue weighted by molar-refractivity contribution is -0.697. The van der Waals surface area contributed by atoms with Gasteiger partial charge in [0.2, 0.25) is 0 Å². The normalized spacial score (nSPS) is 10.7. The van der Waals surface area contributed by atoms with E-state index in [0.717, 1.165) is 13.0 Å². The lowest BCUT2D eigenvalue weighted by Crippen LogP contribution is -2.33. The van der Waals surface area contributed by atoms with Gasteiger partial charge in [-0.05, 0) is 30.9 Å². The maximum atomic E-state index is 2.34. The van der Waals surface area contributed by atoms with Crippen molar-refractivity contribution in [2.45, 2.75) is 52.0 Å². The molecule has 0 saturated carbocycles. The van der Waals surface area contributed by atoms with Crippen molar-refractivity contribution in [2.75, 3.05) is 0 Å². The van der Waals surface area contributed by atoms with Gasteiger partial charge in [0.15, 0.2) is 12.4 Å². The summed E-state index contributed by atoms with van der Waals surface area (Å²) in [5, 5.41) is 0. The Morgan fingerprint density at radius 1 is 0.800 bits per heavy atom. The fourth-order valence-corrected chi connectivity index (χ4v) is 2.55. The van der Waals surface area contributed by atoms with Gasteiger partial charge in [0.1, 0.15) is 6.54 Å². The third kappa shape index (κ3) is 5.16. The van der Waals surface area contributed by atoms with Crippen LogP contribution in [-0.2, 0) is 19.4 Å². The largest absolute Gasteiger partial charge is 0.205 e. The standard InChI is InChI=1S/C19H26N/c1-2-3-5-12-19-14-9-16-20(17-19)15-8-13-18-10-6-4-7-11-18/h4,6-7,9-11,14,16-17H,2-3,5,8,12-13,15H2,1H3/q+1. The number of aryl methyl sites for hydroxylation is 3. The molecule has 0 atom stereocenters. The number of nitrogens with zero attached hydrogens (tertiary/aromatic N) is 1. The van der Waals surface area contributed by atoms with E-state index in [-0.39, 0.29) is 0 Å². The average molecular weight is 268 g/mol. The number of rotatable bonds is 8. The molecule has 20 heavy (non-hydrogen) atoms. The highest BCUT2D eigenvalue weighted by Gasteiger charge is 2.03. The minimum absolute atomic E-state index is 1.11. The zero-order chi connectivity index (χ0) is 14.0. The van der Waals surface area contributed by atoms with Crippen LogP contribution in [0.5, 0.6) is 0 Å². The summed E-state index contributed by atoms with van der Waals surface area (Å²) in [6.45, 7) is 3.37. The van der Waals surface area contributed by atoms with Crippen LogP contribution < -0.4 is 4.57 Å². The molecular formula is C19H26N+. The topological polar surface area (TPSA) is 3.88 Å². The van der Waals surface area contributed by atoms with E-state index in [2.05, 4.69) is 66.3 Å². The molecule has 2 rings (SSSR count). The van der Waals surface area contributed by atoms with Gasteiger partial charge in [-0.3, -0.25) is 0 Å². The Labute approximate surface area is 123 Å². The maximum Gasteiger partial charge on any atom is 0.171 e. The van der Waals surface area contributed by atoms with E-state index < -0.39 is 0 Å². The van der Waals surface area contributed by atoms with Crippen LogP contribution in [0.2, 0.25) is 0 Å². The van der Waals surface area contributed by atoms with Crippen LogP contribution >= 0.6 is 0 Å². The smallest absolute Gasteiger partial charge is 0.171 e. The fraction of sp³-hybridized carbons (Fsp3) is 0.421. The second-order valence-corrected chi connectivity index (χ2v) is 5.50. The van der Waals surface area contributed by atoms with Crippen molar-refractivity contribution >= 4 is 0 Å². The van der Waals surface area contributed by atoms with Crippen LogP contribution in [0.3, 0.4) is 0 Å². The van der Waals surface area contributed by atoms with Crippen molar-refractivity contribution < 1.29 is 4.57 Å². The Morgan fingerprint density at radius 2 is 1.55 bits per heavy atom. The van der Waals surface area contributed by atoms with E-state index >= 15 is 0 Å². The Bertz CT molecular complexity index is 490. The second-order valence-electron chi connectivity index (χ2n) is 5.50. The molecule has 0 bridgehead atoms. The van der Waals surface area contributed by atoms with E-state index in [4.69, 9.17) is 0 Å². The van der Waals surface area contributed by atoms with Gasteiger partial charge in [0.25, 0.3) is 0 Å². The third-order valence-electron chi connectivity index (χ3n) is 3.71. The predicted octanol–water partition coefficient (Wildman–Crippen LogP) is 4.34. The predicted molar refractivity (Wildman–Crippen MR) is 84.6 cm³/mol. The summed E-state index contributed by atoms with van der Waals surface area (Å²) < 4.78 is 2.34. The quantitative estimate of drug-likeness (QED) is 0.495. The molecule has 0 N–H and O–H groups in total. The van der Waals surface area contributed by atoms with Crippen molar-refractivity contribution in [1.82, 2.24) is 0 Å². The zero-order valence-electron chi connectivity index (χ0n) is 12.6. The minimum Gasteiger partial charge on any atom is -0.205 e. The molecule has 0 unspecified atom stereocenters. The summed E-state index contributed by atoms with van der Waals surface area (Å²) in [5.41, 5.74) is 2.91. The van der Waals surface area contributed by atoms with E-state index in [9.17, 15) is 0 Å². The van der Waals surface area contributed by atoms with Crippen LogP contribution in [0.25, 0.3) is 0 Å². The van der Waals surface area contributed by atoms with Gasteiger partial charge in [0, 0.05) is 18.1 Å². The van der Waals surface area contributed by atoms with E-state index in [1.807, 2.05) is 0 Å². The van der Waals surface area contributed by atoms with Gasteiger partial charge in [-0.25, -0.2) is 4.57 Å². The highest BCUT2D eigenvalue weighted by molar-refractivity contribution is 5.14. The molecule has 0 aliphatic rings.